The van der Waals surface area contributed by atoms with Gasteiger partial charge in [0.1, 0.15) is 11.0 Å². The zero-order chi connectivity index (χ0) is 15.6. The molecule has 1 amide bonds. The average Bonchev–Trinajstić information content (AvgIpc) is 3.21. The number of sulfonamides is 1. The van der Waals surface area contributed by atoms with E-state index in [0.29, 0.717) is 5.92 Å². The summed E-state index contributed by atoms with van der Waals surface area (Å²) in [5, 5.41) is 9.22. The third kappa shape index (κ3) is 3.84. The summed E-state index contributed by atoms with van der Waals surface area (Å²) in [6, 6.07) is 5.55. The van der Waals surface area contributed by atoms with Crippen LogP contribution in [0.4, 0.5) is 0 Å². The van der Waals surface area contributed by atoms with Crippen LogP contribution < -0.4 is 4.72 Å². The number of amides is 1. The number of rotatable bonds is 4. The quantitative estimate of drug-likeness (QED) is 0.861. The van der Waals surface area contributed by atoms with E-state index in [-0.39, 0.29) is 15.5 Å². The van der Waals surface area contributed by atoms with E-state index in [1.807, 2.05) is 4.72 Å². The fraction of sp³-hybridized carbons (Fsp3) is 0.286. The van der Waals surface area contributed by atoms with Crippen LogP contribution in [0.3, 0.4) is 0 Å². The maximum absolute atomic E-state index is 12.1. The summed E-state index contributed by atoms with van der Waals surface area (Å²) in [6.45, 7) is 1.80. The van der Waals surface area contributed by atoms with Gasteiger partial charge in [-0.1, -0.05) is 17.2 Å². The van der Waals surface area contributed by atoms with Crippen LogP contribution in [0.1, 0.15) is 25.3 Å². The number of benzene rings is 1. The highest BCUT2D eigenvalue weighted by molar-refractivity contribution is 7.90. The Morgan fingerprint density at radius 3 is 2.71 bits per heavy atom. The zero-order valence-corrected chi connectivity index (χ0v) is 12.8. The molecule has 0 aliphatic heterocycles. The molecular formula is C14H13ClN2O3S. The molecule has 1 aliphatic rings. The van der Waals surface area contributed by atoms with Crippen LogP contribution in [0, 0.1) is 17.2 Å². The van der Waals surface area contributed by atoms with E-state index in [1.54, 1.807) is 13.0 Å². The molecule has 7 heteroatoms. The van der Waals surface area contributed by atoms with Gasteiger partial charge in [-0.2, -0.15) is 5.26 Å². The molecule has 0 radical (unpaired) electrons. The molecule has 1 fully saturated rings. The first-order valence-electron chi connectivity index (χ1n) is 6.28. The van der Waals surface area contributed by atoms with Crippen LogP contribution in [0.5, 0.6) is 0 Å². The van der Waals surface area contributed by atoms with Gasteiger partial charge >= 0.3 is 0 Å². The highest BCUT2D eigenvalue weighted by atomic mass is 35.5. The molecule has 0 aromatic heterocycles. The minimum atomic E-state index is -4.10. The Morgan fingerprint density at radius 1 is 1.48 bits per heavy atom. The molecule has 0 spiro atoms. The summed E-state index contributed by atoms with van der Waals surface area (Å²) in [5.74, 6) is -0.332. The molecule has 1 aromatic carbocycles. The van der Waals surface area contributed by atoms with Crippen molar-refractivity contribution in [2.45, 2.75) is 24.7 Å². The summed E-state index contributed by atoms with van der Waals surface area (Å²) in [6.07, 6.45) is 3.34. The van der Waals surface area contributed by atoms with E-state index in [1.165, 1.54) is 24.3 Å². The lowest BCUT2D eigenvalue weighted by atomic mass is 10.2. The van der Waals surface area contributed by atoms with E-state index in [4.69, 9.17) is 16.9 Å². The fourth-order valence-electron chi connectivity index (χ4n) is 1.90. The van der Waals surface area contributed by atoms with E-state index in [2.05, 4.69) is 0 Å². The van der Waals surface area contributed by atoms with Gasteiger partial charge in [0.2, 0.25) is 0 Å². The lowest BCUT2D eigenvalue weighted by Crippen LogP contribution is -2.29. The Balaban J connectivity index is 2.25. The van der Waals surface area contributed by atoms with Gasteiger partial charge in [0.05, 0.1) is 5.56 Å². The molecule has 0 bridgehead atoms. The zero-order valence-electron chi connectivity index (χ0n) is 11.3. The van der Waals surface area contributed by atoms with Crippen molar-refractivity contribution < 1.29 is 13.2 Å². The monoisotopic (exact) mass is 324 g/mol. The Bertz CT molecular complexity index is 759. The van der Waals surface area contributed by atoms with Crippen molar-refractivity contribution in [1.82, 2.24) is 4.72 Å². The standard InChI is InChI=1S/C14H13ClN2O3S/c1-9(10-2-3-10)6-14(18)17-21(19,20)13-5-4-12(15)7-11(13)8-16/h4-7,10H,2-3H2,1H3,(H,17,18)/b9-6+. The number of carbonyl (C=O) groups excluding carboxylic acids is 1. The van der Waals surface area contributed by atoms with E-state index < -0.39 is 15.9 Å². The highest BCUT2D eigenvalue weighted by Gasteiger charge is 2.25. The maximum Gasteiger partial charge on any atom is 0.265 e. The SMILES string of the molecule is C/C(=C\C(=O)NS(=O)(=O)c1ccc(Cl)cc1C#N)C1CC1. The van der Waals surface area contributed by atoms with Crippen molar-refractivity contribution >= 4 is 27.5 Å². The number of nitrogens with zero attached hydrogens (tertiary/aromatic N) is 1. The average molecular weight is 325 g/mol. The number of hydrogen-bond acceptors (Lipinski definition) is 4. The van der Waals surface area contributed by atoms with Crippen molar-refractivity contribution in [3.05, 3.63) is 40.4 Å². The normalized spacial score (nSPS) is 15.4. The van der Waals surface area contributed by atoms with E-state index >= 15 is 0 Å². The maximum atomic E-state index is 12.1. The summed E-state index contributed by atoms with van der Waals surface area (Å²) in [7, 11) is -4.10. The van der Waals surface area contributed by atoms with Crippen molar-refractivity contribution in [2.24, 2.45) is 5.92 Å². The van der Waals surface area contributed by atoms with E-state index in [0.717, 1.165) is 18.4 Å². The predicted octanol–water partition coefficient (Wildman–Crippen LogP) is 2.37. The lowest BCUT2D eigenvalue weighted by Gasteiger charge is -2.07. The largest absolute Gasteiger partial charge is 0.269 e. The molecule has 1 N–H and O–H groups in total. The third-order valence-electron chi connectivity index (χ3n) is 3.17. The minimum absolute atomic E-state index is 0.106. The molecule has 0 unspecified atom stereocenters. The van der Waals surface area contributed by atoms with Gasteiger partial charge in [-0.25, -0.2) is 13.1 Å². The molecule has 0 heterocycles. The second-order valence-corrected chi connectivity index (χ2v) is 6.97. The molecule has 1 aromatic rings. The molecule has 5 nitrogen and oxygen atoms in total. The molecule has 1 aliphatic carbocycles. The van der Waals surface area contributed by atoms with Crippen LogP contribution in [0.25, 0.3) is 0 Å². The minimum Gasteiger partial charge on any atom is -0.269 e. The molecule has 1 saturated carbocycles. The number of nitriles is 1. The molecule has 2 rings (SSSR count). The van der Waals surface area contributed by atoms with Crippen molar-refractivity contribution in [3.8, 4) is 6.07 Å². The number of hydrogen-bond donors (Lipinski definition) is 1. The Kier molecular flexibility index (Phi) is 4.35. The number of nitrogens with one attached hydrogen (secondary N) is 1. The first-order chi connectivity index (χ1) is 9.83. The van der Waals surface area contributed by atoms with Crippen LogP contribution in [-0.4, -0.2) is 14.3 Å². The van der Waals surface area contributed by atoms with Gasteiger partial charge in [0.25, 0.3) is 15.9 Å². The van der Waals surface area contributed by atoms with Crippen molar-refractivity contribution in [1.29, 1.82) is 5.26 Å². The van der Waals surface area contributed by atoms with Gasteiger partial charge in [-0.15, -0.1) is 0 Å². The second kappa shape index (κ2) is 5.88. The topological polar surface area (TPSA) is 87.0 Å². The summed E-state index contributed by atoms with van der Waals surface area (Å²) < 4.78 is 26.2. The van der Waals surface area contributed by atoms with Gasteiger partial charge in [0.15, 0.2) is 0 Å². The Labute approximate surface area is 128 Å². The van der Waals surface area contributed by atoms with Crippen molar-refractivity contribution in [2.75, 3.05) is 0 Å². The van der Waals surface area contributed by atoms with Crippen LogP contribution in [0.15, 0.2) is 34.7 Å². The molecule has 0 atom stereocenters. The smallest absolute Gasteiger partial charge is 0.265 e. The fourth-order valence-corrected chi connectivity index (χ4v) is 3.15. The lowest BCUT2D eigenvalue weighted by molar-refractivity contribution is -0.114. The van der Waals surface area contributed by atoms with Crippen LogP contribution >= 0.6 is 11.6 Å². The Hall–Kier alpha value is -1.84. The Morgan fingerprint density at radius 2 is 2.14 bits per heavy atom. The summed E-state index contributed by atoms with van der Waals surface area (Å²) >= 11 is 5.72. The third-order valence-corrected chi connectivity index (χ3v) is 4.81. The number of allylic oxidation sites excluding steroid dienone is 1. The first-order valence-corrected chi connectivity index (χ1v) is 8.14. The number of halogens is 1. The van der Waals surface area contributed by atoms with Gasteiger partial charge in [0, 0.05) is 11.1 Å². The van der Waals surface area contributed by atoms with Gasteiger partial charge in [-0.3, -0.25) is 4.79 Å². The second-order valence-electron chi connectivity index (χ2n) is 4.88. The number of carbonyl (C=O) groups is 1. The van der Waals surface area contributed by atoms with Gasteiger partial charge in [-0.05, 0) is 43.9 Å². The molecule has 0 saturated heterocycles. The highest BCUT2D eigenvalue weighted by Crippen LogP contribution is 2.35. The first kappa shape index (κ1) is 15.5. The molecule has 21 heavy (non-hydrogen) atoms. The molecule has 110 valence electrons. The van der Waals surface area contributed by atoms with Gasteiger partial charge < -0.3 is 0 Å². The van der Waals surface area contributed by atoms with E-state index in [9.17, 15) is 13.2 Å². The summed E-state index contributed by atoms with van der Waals surface area (Å²) in [4.78, 5) is 11.5. The predicted molar refractivity (Wildman–Crippen MR) is 78.0 cm³/mol. The summed E-state index contributed by atoms with van der Waals surface area (Å²) in [5.41, 5.74) is 0.755. The van der Waals surface area contributed by atoms with Crippen LogP contribution in [0.2, 0.25) is 5.02 Å². The molecular weight excluding hydrogens is 312 g/mol. The van der Waals surface area contributed by atoms with Crippen molar-refractivity contribution in [3.63, 3.8) is 0 Å². The van der Waals surface area contributed by atoms with Crippen LogP contribution in [-0.2, 0) is 14.8 Å².